The molecule has 0 radical (unpaired) electrons. The van der Waals surface area contributed by atoms with Crippen LogP contribution in [0.5, 0.6) is 5.75 Å². The highest BCUT2D eigenvalue weighted by molar-refractivity contribution is 5.86. The Labute approximate surface area is 137 Å². The van der Waals surface area contributed by atoms with Gasteiger partial charge in [-0.3, -0.25) is 4.79 Å². The van der Waals surface area contributed by atoms with Gasteiger partial charge < -0.3 is 21.1 Å². The van der Waals surface area contributed by atoms with Crippen molar-refractivity contribution in [3.05, 3.63) is 29.3 Å². The molecule has 2 atom stereocenters. The number of primary amides is 1. The second kappa shape index (κ2) is 8.41. The topological polar surface area (TPSA) is 93.4 Å². The van der Waals surface area contributed by atoms with Crippen LogP contribution in [0.2, 0.25) is 0 Å². The first-order chi connectivity index (χ1) is 10.7. The number of methoxy groups -OCH3 is 1. The second-order valence-electron chi connectivity index (χ2n) is 6.17. The summed E-state index contributed by atoms with van der Waals surface area (Å²) < 4.78 is 5.35. The summed E-state index contributed by atoms with van der Waals surface area (Å²) in [5.74, 6) is 0.710. The van der Waals surface area contributed by atoms with Crippen LogP contribution in [-0.2, 0) is 4.79 Å². The number of carbonyl (C=O) groups is 2. The lowest BCUT2D eigenvalue weighted by Crippen LogP contribution is -2.49. The Morgan fingerprint density at radius 2 is 1.87 bits per heavy atom. The first-order valence-corrected chi connectivity index (χ1v) is 7.75. The lowest BCUT2D eigenvalue weighted by Gasteiger charge is -2.23. The number of benzene rings is 1. The fourth-order valence-corrected chi connectivity index (χ4v) is 2.46. The van der Waals surface area contributed by atoms with Gasteiger partial charge in [-0.2, -0.15) is 0 Å². The van der Waals surface area contributed by atoms with Gasteiger partial charge >= 0.3 is 6.03 Å². The van der Waals surface area contributed by atoms with E-state index in [1.165, 1.54) is 0 Å². The minimum atomic E-state index is -0.702. The molecule has 1 rings (SSSR count). The number of amides is 3. The van der Waals surface area contributed by atoms with Gasteiger partial charge in [-0.1, -0.05) is 31.5 Å². The molecular weight excluding hydrogens is 294 g/mol. The maximum atomic E-state index is 12.5. The molecule has 4 N–H and O–H groups in total. The molecule has 6 heteroatoms. The van der Waals surface area contributed by atoms with E-state index in [1.807, 2.05) is 45.9 Å². The molecule has 6 nitrogen and oxygen atoms in total. The number of carbonyl (C=O) groups excluding carboxylic acids is 2. The van der Waals surface area contributed by atoms with Crippen LogP contribution in [-0.4, -0.2) is 25.1 Å². The zero-order valence-corrected chi connectivity index (χ0v) is 14.5. The summed E-state index contributed by atoms with van der Waals surface area (Å²) in [6, 6.07) is 4.20. The summed E-state index contributed by atoms with van der Waals surface area (Å²) >= 11 is 0. The predicted octanol–water partition coefficient (Wildman–Crippen LogP) is 2.26. The molecule has 23 heavy (non-hydrogen) atoms. The van der Waals surface area contributed by atoms with E-state index < -0.39 is 12.1 Å². The average Bonchev–Trinajstić information content (AvgIpc) is 2.45. The molecule has 0 aliphatic rings. The molecule has 3 amide bonds. The van der Waals surface area contributed by atoms with Crippen molar-refractivity contribution in [3.63, 3.8) is 0 Å². The summed E-state index contributed by atoms with van der Waals surface area (Å²) in [7, 11) is 1.60. The van der Waals surface area contributed by atoms with Crippen LogP contribution >= 0.6 is 0 Å². The van der Waals surface area contributed by atoms with E-state index in [-0.39, 0.29) is 17.9 Å². The smallest absolute Gasteiger partial charge is 0.312 e. The van der Waals surface area contributed by atoms with Crippen molar-refractivity contribution in [2.75, 3.05) is 7.11 Å². The third kappa shape index (κ3) is 5.81. The maximum Gasteiger partial charge on any atom is 0.312 e. The molecule has 0 aliphatic heterocycles. The van der Waals surface area contributed by atoms with Gasteiger partial charge in [0.15, 0.2) is 0 Å². The van der Waals surface area contributed by atoms with Gasteiger partial charge in [-0.05, 0) is 32.3 Å². The highest BCUT2D eigenvalue weighted by Crippen LogP contribution is 2.26. The molecule has 0 heterocycles. The Morgan fingerprint density at radius 3 is 2.39 bits per heavy atom. The third-order valence-electron chi connectivity index (χ3n) is 3.55. The Bertz CT molecular complexity index is 558. The fourth-order valence-electron chi connectivity index (χ4n) is 2.46. The van der Waals surface area contributed by atoms with Crippen LogP contribution in [0.1, 0.15) is 44.4 Å². The van der Waals surface area contributed by atoms with Gasteiger partial charge in [0.05, 0.1) is 13.2 Å². The van der Waals surface area contributed by atoms with Crippen molar-refractivity contribution in [2.24, 2.45) is 11.7 Å². The van der Waals surface area contributed by atoms with Gasteiger partial charge in [0.2, 0.25) is 5.91 Å². The van der Waals surface area contributed by atoms with Crippen LogP contribution < -0.4 is 21.1 Å². The highest BCUT2D eigenvalue weighted by Gasteiger charge is 2.23. The molecule has 0 aromatic heterocycles. The zero-order chi connectivity index (χ0) is 17.6. The van der Waals surface area contributed by atoms with Gasteiger partial charge in [0, 0.05) is 5.56 Å². The fraction of sp³-hybridized carbons (Fsp3) is 0.529. The first kappa shape index (κ1) is 18.8. The monoisotopic (exact) mass is 321 g/mol. The van der Waals surface area contributed by atoms with Crippen molar-refractivity contribution in [2.45, 2.75) is 46.2 Å². The molecule has 0 saturated heterocycles. The third-order valence-corrected chi connectivity index (χ3v) is 3.55. The van der Waals surface area contributed by atoms with Gasteiger partial charge in [0.1, 0.15) is 11.8 Å². The molecule has 0 fully saturated rings. The summed E-state index contributed by atoms with van der Waals surface area (Å²) in [6.45, 7) is 7.82. The van der Waals surface area contributed by atoms with Gasteiger partial charge in [-0.15, -0.1) is 0 Å². The minimum absolute atomic E-state index is 0.248. The number of rotatable bonds is 7. The average molecular weight is 321 g/mol. The molecule has 0 saturated carbocycles. The van der Waals surface area contributed by atoms with Crippen LogP contribution in [0.3, 0.4) is 0 Å². The standard InChI is InChI=1S/C17H27N3O3/c1-10(2)8-14(20-17(18)22)16(21)19-12(4)13-9-11(3)6-7-15(13)23-5/h6-7,9-10,12,14H,8H2,1-5H3,(H,19,21)(H3,18,20,22)/t12-,14-/m0/s1. The van der Waals surface area contributed by atoms with Crippen LogP contribution in [0.25, 0.3) is 0 Å². The van der Waals surface area contributed by atoms with E-state index >= 15 is 0 Å². The molecular formula is C17H27N3O3. The number of urea groups is 1. The lowest BCUT2D eigenvalue weighted by atomic mass is 10.0. The van der Waals surface area contributed by atoms with E-state index in [0.717, 1.165) is 11.1 Å². The number of hydrogen-bond donors (Lipinski definition) is 3. The van der Waals surface area contributed by atoms with E-state index in [9.17, 15) is 9.59 Å². The molecule has 0 unspecified atom stereocenters. The van der Waals surface area contributed by atoms with Crippen LogP contribution in [0.15, 0.2) is 18.2 Å². The van der Waals surface area contributed by atoms with Gasteiger partial charge in [0.25, 0.3) is 0 Å². The molecule has 0 aliphatic carbocycles. The quantitative estimate of drug-likeness (QED) is 0.719. The number of hydrogen-bond acceptors (Lipinski definition) is 3. The molecule has 128 valence electrons. The van der Waals surface area contributed by atoms with Gasteiger partial charge in [-0.25, -0.2) is 4.79 Å². The molecule has 1 aromatic carbocycles. The Morgan fingerprint density at radius 1 is 1.22 bits per heavy atom. The number of nitrogens with one attached hydrogen (secondary N) is 2. The van der Waals surface area contributed by atoms with E-state index in [2.05, 4.69) is 10.6 Å². The first-order valence-electron chi connectivity index (χ1n) is 7.75. The highest BCUT2D eigenvalue weighted by atomic mass is 16.5. The summed E-state index contributed by atoms with van der Waals surface area (Å²) in [6.07, 6.45) is 0.520. The Hall–Kier alpha value is -2.24. The molecule has 1 aromatic rings. The SMILES string of the molecule is COc1ccc(C)cc1[C@H](C)NC(=O)[C@H](CC(C)C)NC(N)=O. The van der Waals surface area contributed by atoms with Crippen molar-refractivity contribution in [3.8, 4) is 5.75 Å². The van der Waals surface area contributed by atoms with Crippen LogP contribution in [0.4, 0.5) is 4.79 Å². The van der Waals surface area contributed by atoms with E-state index in [4.69, 9.17) is 10.5 Å². The Kier molecular flexibility index (Phi) is 6.88. The summed E-state index contributed by atoms with van der Waals surface area (Å²) in [5.41, 5.74) is 7.14. The van der Waals surface area contributed by atoms with Crippen molar-refractivity contribution in [1.29, 1.82) is 0 Å². The molecule has 0 spiro atoms. The van der Waals surface area contributed by atoms with E-state index in [1.54, 1.807) is 7.11 Å². The van der Waals surface area contributed by atoms with Crippen molar-refractivity contribution >= 4 is 11.9 Å². The molecule has 0 bridgehead atoms. The largest absolute Gasteiger partial charge is 0.496 e. The Balaban J connectivity index is 2.88. The van der Waals surface area contributed by atoms with Crippen LogP contribution in [0, 0.1) is 12.8 Å². The van der Waals surface area contributed by atoms with Crippen molar-refractivity contribution < 1.29 is 14.3 Å². The van der Waals surface area contributed by atoms with Crippen molar-refractivity contribution in [1.82, 2.24) is 10.6 Å². The lowest BCUT2D eigenvalue weighted by molar-refractivity contribution is -0.123. The minimum Gasteiger partial charge on any atom is -0.496 e. The zero-order valence-electron chi connectivity index (χ0n) is 14.5. The predicted molar refractivity (Wildman–Crippen MR) is 90.3 cm³/mol. The second-order valence-corrected chi connectivity index (χ2v) is 6.17. The number of nitrogens with two attached hydrogens (primary N) is 1. The summed E-state index contributed by atoms with van der Waals surface area (Å²) in [5, 5.41) is 5.42. The van der Waals surface area contributed by atoms with E-state index in [0.29, 0.717) is 12.2 Å². The normalized spacial score (nSPS) is 13.3. The number of aryl methyl sites for hydroxylation is 1. The number of ether oxygens (including phenoxy) is 1. The maximum absolute atomic E-state index is 12.5. The summed E-state index contributed by atoms with van der Waals surface area (Å²) in [4.78, 5) is 23.6.